The Morgan fingerprint density at radius 2 is 0.449 bits per heavy atom. The fourth-order valence-electron chi connectivity index (χ4n) is 11.5. The Kier molecular flexibility index (Phi) is 15.4. The van der Waals surface area contributed by atoms with Gasteiger partial charge in [-0.3, -0.25) is 9.98 Å². The Labute approximate surface area is 460 Å². The molecule has 0 fully saturated rings. The van der Waals surface area contributed by atoms with E-state index in [9.17, 15) is 5.11 Å². The summed E-state index contributed by atoms with van der Waals surface area (Å²) in [6, 6.07) is 99.1. The number of phenols is 1. The second-order valence-corrected chi connectivity index (χ2v) is 20.4. The largest absolute Gasteiger partial charge is 0.507 e. The van der Waals surface area contributed by atoms with Gasteiger partial charge in [0, 0.05) is 47.2 Å². The molecule has 0 aliphatic rings. The summed E-state index contributed by atoms with van der Waals surface area (Å²) in [5.74, 6) is -0.438. The number of nitrogens with zero attached hydrogens (tertiary/aromatic N) is 2. The summed E-state index contributed by atoms with van der Waals surface area (Å²) in [7, 11) is 0. The molecule has 0 atom stereocenters. The van der Waals surface area contributed by atoms with Gasteiger partial charge < -0.3 is 5.11 Å². The number of rotatable bonds is 16. The minimum atomic E-state index is -0.136. The maximum absolute atomic E-state index is 12.7. The average molecular weight is 1010 g/mol. The minimum Gasteiger partial charge on any atom is -0.507 e. The smallest absolute Gasteiger partial charge is 0.133 e. The van der Waals surface area contributed by atoms with Crippen LogP contribution < -0.4 is 0 Å². The first kappa shape index (κ1) is 50.7. The third-order valence-electron chi connectivity index (χ3n) is 14.9. The van der Waals surface area contributed by atoms with Gasteiger partial charge in [0.15, 0.2) is 0 Å². The Bertz CT molecular complexity index is 3190. The molecule has 0 saturated heterocycles. The Morgan fingerprint density at radius 1 is 0.269 bits per heavy atom. The molecule has 0 radical (unpaired) electrons. The molecule has 0 spiro atoms. The van der Waals surface area contributed by atoms with Gasteiger partial charge in [-0.2, -0.15) is 0 Å². The molecule has 0 heterocycles. The summed E-state index contributed by atoms with van der Waals surface area (Å²) in [4.78, 5) is 11.2. The normalized spacial score (nSPS) is 11.7. The highest BCUT2D eigenvalue weighted by atomic mass is 16.3. The van der Waals surface area contributed by atoms with E-state index >= 15 is 0 Å². The maximum atomic E-state index is 12.7. The summed E-state index contributed by atoms with van der Waals surface area (Å²) in [5, 5.41) is 12.7. The number of phenolic OH excluding ortho intramolecular Hbond substituents is 1. The van der Waals surface area contributed by atoms with Crippen LogP contribution in [0.4, 0.5) is 11.4 Å². The molecule has 0 saturated carbocycles. The number of aliphatic imine (C=N–C) groups is 2. The van der Waals surface area contributed by atoms with E-state index in [1.54, 1.807) is 0 Å². The summed E-state index contributed by atoms with van der Waals surface area (Å²) in [6.45, 7) is 6.45. The van der Waals surface area contributed by atoms with Gasteiger partial charge in [0.1, 0.15) is 5.75 Å². The predicted octanol–water partition coefficient (Wildman–Crippen LogP) is 18.5. The number of aromatic hydroxyl groups is 1. The van der Waals surface area contributed by atoms with Gasteiger partial charge >= 0.3 is 0 Å². The monoisotopic (exact) mass is 1010 g/mol. The molecule has 11 aromatic carbocycles. The Balaban J connectivity index is 1.12. The molecule has 0 unspecified atom stereocenters. The topological polar surface area (TPSA) is 45.0 Å². The van der Waals surface area contributed by atoms with E-state index < -0.39 is 0 Å². The van der Waals surface area contributed by atoms with Crippen LogP contribution >= 0.6 is 0 Å². The van der Waals surface area contributed by atoms with E-state index in [1.165, 1.54) is 44.5 Å². The highest BCUT2D eigenvalue weighted by molar-refractivity contribution is 5.95. The first-order valence-electron chi connectivity index (χ1n) is 27.0. The SMILES string of the molecule is Cc1cc(C=Nc2c(C(c3ccccc3)c3ccccc3)cc(C)cc2C(c2ccccc2)c2ccccc2)c(O)c(C=Nc2c(C(c3ccccc3)c3ccccc3)cc(C)cc2C(c2ccccc2)c2ccccc2)c1. The summed E-state index contributed by atoms with van der Waals surface area (Å²) in [5.41, 5.74) is 19.9. The van der Waals surface area contributed by atoms with Crippen LogP contribution in [-0.2, 0) is 0 Å². The molecule has 3 heteroatoms. The van der Waals surface area contributed by atoms with Gasteiger partial charge in [-0.1, -0.05) is 278 Å². The third kappa shape index (κ3) is 11.1. The number of hydrogen-bond donors (Lipinski definition) is 1. The number of benzene rings is 11. The molecule has 0 aliphatic heterocycles. The lowest BCUT2D eigenvalue weighted by Crippen LogP contribution is -2.10. The van der Waals surface area contributed by atoms with E-state index in [1.807, 2.05) is 24.6 Å². The van der Waals surface area contributed by atoms with Crippen molar-refractivity contribution in [2.24, 2.45) is 9.98 Å². The molecule has 0 amide bonds. The molecule has 0 aliphatic carbocycles. The lowest BCUT2D eigenvalue weighted by Gasteiger charge is -2.27. The van der Waals surface area contributed by atoms with E-state index in [-0.39, 0.29) is 29.4 Å². The van der Waals surface area contributed by atoms with Crippen molar-refractivity contribution in [2.75, 3.05) is 0 Å². The summed E-state index contributed by atoms with van der Waals surface area (Å²) >= 11 is 0. The van der Waals surface area contributed by atoms with Crippen molar-refractivity contribution in [3.05, 3.63) is 374 Å². The molecule has 78 heavy (non-hydrogen) atoms. The van der Waals surface area contributed by atoms with Crippen LogP contribution in [0.1, 0.15) is 118 Å². The van der Waals surface area contributed by atoms with Crippen LogP contribution in [0.25, 0.3) is 0 Å². The summed E-state index contributed by atoms with van der Waals surface area (Å²) < 4.78 is 0. The fourth-order valence-corrected chi connectivity index (χ4v) is 11.5. The second kappa shape index (κ2) is 23.6. The van der Waals surface area contributed by atoms with Crippen molar-refractivity contribution >= 4 is 23.8 Å². The predicted molar refractivity (Wildman–Crippen MR) is 325 cm³/mol. The van der Waals surface area contributed by atoms with E-state index in [2.05, 4.69) is 288 Å². The van der Waals surface area contributed by atoms with Crippen molar-refractivity contribution in [2.45, 2.75) is 44.4 Å². The van der Waals surface area contributed by atoms with Crippen molar-refractivity contribution in [1.82, 2.24) is 0 Å². The number of aryl methyl sites for hydroxylation is 3. The highest BCUT2D eigenvalue weighted by Gasteiger charge is 2.29. The average Bonchev–Trinajstić information content (AvgIpc) is 3.61. The van der Waals surface area contributed by atoms with Crippen LogP contribution in [0, 0.1) is 20.8 Å². The van der Waals surface area contributed by atoms with Crippen molar-refractivity contribution in [3.8, 4) is 5.75 Å². The zero-order chi connectivity index (χ0) is 53.2. The molecule has 3 nitrogen and oxygen atoms in total. The second-order valence-electron chi connectivity index (χ2n) is 20.4. The molecular formula is C75H62N2O. The van der Waals surface area contributed by atoms with Gasteiger partial charge in [-0.25, -0.2) is 0 Å². The van der Waals surface area contributed by atoms with Gasteiger partial charge in [0.05, 0.1) is 11.4 Å². The molecule has 378 valence electrons. The maximum Gasteiger partial charge on any atom is 0.133 e. The standard InChI is InChI=1S/C75H62N2O/c1-52-44-63(50-76-73-65(69(55-28-12-4-13-29-55)56-30-14-5-15-31-56)46-53(2)47-66(73)70(57-32-16-6-17-33-57)58-34-18-7-19-35-58)75(78)64(45-52)51-77-74-67(71(59-36-20-8-21-37-59)60-38-22-9-23-39-60)48-54(3)49-68(74)72(61-40-24-10-25-41-61)62-42-26-11-27-43-62/h4-51,69-72,78H,1-3H3. The molecular weight excluding hydrogens is 945 g/mol. The lowest BCUT2D eigenvalue weighted by molar-refractivity contribution is 0.473. The van der Waals surface area contributed by atoms with Crippen LogP contribution in [0.5, 0.6) is 5.75 Å². The molecule has 11 aromatic rings. The van der Waals surface area contributed by atoms with E-state index in [4.69, 9.17) is 9.98 Å². The van der Waals surface area contributed by atoms with Gasteiger partial charge in [-0.05, 0) is 105 Å². The van der Waals surface area contributed by atoms with Crippen LogP contribution in [0.3, 0.4) is 0 Å². The van der Waals surface area contributed by atoms with Gasteiger partial charge in [0.2, 0.25) is 0 Å². The number of hydrogen-bond acceptors (Lipinski definition) is 3. The molecule has 11 rings (SSSR count). The van der Waals surface area contributed by atoms with Crippen LogP contribution in [0.15, 0.2) is 289 Å². The highest BCUT2D eigenvalue weighted by Crippen LogP contribution is 2.48. The first-order chi connectivity index (χ1) is 38.4. The zero-order valence-corrected chi connectivity index (χ0v) is 44.4. The van der Waals surface area contributed by atoms with Crippen molar-refractivity contribution < 1.29 is 5.11 Å². The summed E-state index contributed by atoms with van der Waals surface area (Å²) in [6.07, 6.45) is 3.73. The van der Waals surface area contributed by atoms with Crippen LogP contribution in [0.2, 0.25) is 0 Å². The van der Waals surface area contributed by atoms with Crippen molar-refractivity contribution in [1.29, 1.82) is 0 Å². The van der Waals surface area contributed by atoms with Gasteiger partial charge in [0.25, 0.3) is 0 Å². The fraction of sp³-hybridized carbons (Fsp3) is 0.0933. The van der Waals surface area contributed by atoms with Gasteiger partial charge in [-0.15, -0.1) is 0 Å². The zero-order valence-electron chi connectivity index (χ0n) is 44.4. The molecule has 1 N–H and O–H groups in total. The minimum absolute atomic E-state index is 0.106. The molecule has 0 aromatic heterocycles. The van der Waals surface area contributed by atoms with Crippen LogP contribution in [-0.4, -0.2) is 17.5 Å². The quantitative estimate of drug-likeness (QED) is 0.0761. The molecule has 0 bridgehead atoms. The Hall–Kier alpha value is -9.44. The van der Waals surface area contributed by atoms with E-state index in [0.717, 1.165) is 50.3 Å². The first-order valence-corrected chi connectivity index (χ1v) is 27.0. The van der Waals surface area contributed by atoms with E-state index in [0.29, 0.717) is 11.1 Å². The van der Waals surface area contributed by atoms with Crippen molar-refractivity contribution in [3.63, 3.8) is 0 Å². The third-order valence-corrected chi connectivity index (χ3v) is 14.9. The lowest BCUT2D eigenvalue weighted by atomic mass is 9.78. The Morgan fingerprint density at radius 3 is 0.641 bits per heavy atom.